The van der Waals surface area contributed by atoms with E-state index in [9.17, 15) is 9.18 Å². The molecule has 6 nitrogen and oxygen atoms in total. The predicted molar refractivity (Wildman–Crippen MR) is 110 cm³/mol. The Balaban J connectivity index is 1.61. The summed E-state index contributed by atoms with van der Waals surface area (Å²) in [5, 5.41) is 7.24. The molecule has 4 aromatic rings. The first-order valence-electron chi connectivity index (χ1n) is 8.90. The first kappa shape index (κ1) is 18.4. The van der Waals surface area contributed by atoms with Crippen molar-refractivity contribution in [1.29, 1.82) is 0 Å². The molecule has 1 heterocycles. The SMILES string of the molecule is CNc1cc(Oc2ccc3c(C(=O)Nc4cccc(F)c4)cccc3c2)ncn1. The molecule has 0 unspecified atom stereocenters. The van der Waals surface area contributed by atoms with Crippen LogP contribution in [-0.4, -0.2) is 22.9 Å². The topological polar surface area (TPSA) is 76.1 Å². The Labute approximate surface area is 166 Å². The molecule has 0 atom stereocenters. The number of ether oxygens (including phenoxy) is 1. The molecule has 0 aliphatic rings. The molecule has 0 saturated heterocycles. The number of fused-ring (bicyclic) bond motifs is 1. The van der Waals surface area contributed by atoms with Gasteiger partial charge in [0.05, 0.1) is 0 Å². The molecule has 4 rings (SSSR count). The van der Waals surface area contributed by atoms with Crippen molar-refractivity contribution in [3.8, 4) is 11.6 Å². The smallest absolute Gasteiger partial charge is 0.256 e. The third-order valence-electron chi connectivity index (χ3n) is 4.30. The second-order valence-electron chi connectivity index (χ2n) is 6.25. The molecule has 1 aromatic heterocycles. The third kappa shape index (κ3) is 4.14. The van der Waals surface area contributed by atoms with Gasteiger partial charge in [-0.1, -0.05) is 18.2 Å². The second-order valence-corrected chi connectivity index (χ2v) is 6.25. The lowest BCUT2D eigenvalue weighted by Crippen LogP contribution is -2.12. The molecular weight excluding hydrogens is 371 g/mol. The normalized spacial score (nSPS) is 10.6. The van der Waals surface area contributed by atoms with E-state index < -0.39 is 5.82 Å². The molecule has 0 radical (unpaired) electrons. The fourth-order valence-electron chi connectivity index (χ4n) is 2.94. The van der Waals surface area contributed by atoms with Gasteiger partial charge in [0.25, 0.3) is 5.91 Å². The number of amides is 1. The summed E-state index contributed by atoms with van der Waals surface area (Å²) in [6.45, 7) is 0. The van der Waals surface area contributed by atoms with Gasteiger partial charge in [-0.3, -0.25) is 4.79 Å². The Morgan fingerprint density at radius 1 is 1.00 bits per heavy atom. The minimum absolute atomic E-state index is 0.315. The molecule has 1 amide bonds. The van der Waals surface area contributed by atoms with E-state index >= 15 is 0 Å². The number of carbonyl (C=O) groups is 1. The molecule has 0 aliphatic carbocycles. The van der Waals surface area contributed by atoms with Gasteiger partial charge >= 0.3 is 0 Å². The largest absolute Gasteiger partial charge is 0.439 e. The van der Waals surface area contributed by atoms with E-state index in [0.717, 1.165) is 10.8 Å². The first-order valence-corrected chi connectivity index (χ1v) is 8.90. The Morgan fingerprint density at radius 2 is 1.86 bits per heavy atom. The van der Waals surface area contributed by atoms with Crippen LogP contribution in [0.1, 0.15) is 10.4 Å². The van der Waals surface area contributed by atoms with Crippen molar-refractivity contribution < 1.29 is 13.9 Å². The molecule has 0 bridgehead atoms. The van der Waals surface area contributed by atoms with Gasteiger partial charge in [0, 0.05) is 24.4 Å². The summed E-state index contributed by atoms with van der Waals surface area (Å²) in [5.74, 6) is 0.912. The van der Waals surface area contributed by atoms with E-state index in [4.69, 9.17) is 4.74 Å². The molecule has 144 valence electrons. The molecule has 0 aliphatic heterocycles. The maximum Gasteiger partial charge on any atom is 0.256 e. The molecule has 0 saturated carbocycles. The van der Waals surface area contributed by atoms with E-state index in [1.54, 1.807) is 43.4 Å². The lowest BCUT2D eigenvalue weighted by atomic mass is 10.0. The summed E-state index contributed by atoms with van der Waals surface area (Å²) >= 11 is 0. The number of aromatic nitrogens is 2. The number of carbonyl (C=O) groups excluding carboxylic acids is 1. The number of nitrogens with one attached hydrogen (secondary N) is 2. The van der Waals surface area contributed by atoms with E-state index in [-0.39, 0.29) is 5.91 Å². The highest BCUT2D eigenvalue weighted by atomic mass is 19.1. The average Bonchev–Trinajstić information content (AvgIpc) is 2.73. The van der Waals surface area contributed by atoms with Gasteiger partial charge in [0.2, 0.25) is 5.88 Å². The average molecular weight is 388 g/mol. The first-order chi connectivity index (χ1) is 14.1. The maximum absolute atomic E-state index is 13.4. The molecular formula is C22H17FN4O2. The summed E-state index contributed by atoms with van der Waals surface area (Å²) in [6.07, 6.45) is 1.41. The van der Waals surface area contributed by atoms with Gasteiger partial charge in [0.1, 0.15) is 23.7 Å². The minimum atomic E-state index is -0.409. The Bertz CT molecular complexity index is 1200. The zero-order chi connectivity index (χ0) is 20.2. The van der Waals surface area contributed by atoms with Crippen molar-refractivity contribution in [2.24, 2.45) is 0 Å². The lowest BCUT2D eigenvalue weighted by Gasteiger charge is -2.10. The van der Waals surface area contributed by atoms with Gasteiger partial charge in [-0.25, -0.2) is 14.4 Å². The van der Waals surface area contributed by atoms with Crippen molar-refractivity contribution in [3.63, 3.8) is 0 Å². The molecule has 2 N–H and O–H groups in total. The molecule has 29 heavy (non-hydrogen) atoms. The fraction of sp³-hybridized carbons (Fsp3) is 0.0455. The highest BCUT2D eigenvalue weighted by Crippen LogP contribution is 2.27. The number of nitrogens with zero attached hydrogens (tertiary/aromatic N) is 2. The Kier molecular flexibility index (Phi) is 5.03. The summed E-state index contributed by atoms with van der Waals surface area (Å²) in [5.41, 5.74) is 0.883. The summed E-state index contributed by atoms with van der Waals surface area (Å²) < 4.78 is 19.2. The van der Waals surface area contributed by atoms with Gasteiger partial charge in [-0.05, 0) is 53.2 Å². The van der Waals surface area contributed by atoms with Crippen molar-refractivity contribution in [1.82, 2.24) is 9.97 Å². The highest BCUT2D eigenvalue weighted by molar-refractivity contribution is 6.13. The predicted octanol–water partition coefficient (Wildman–Crippen LogP) is 4.86. The lowest BCUT2D eigenvalue weighted by molar-refractivity contribution is 0.102. The van der Waals surface area contributed by atoms with Gasteiger partial charge in [-0.15, -0.1) is 0 Å². The van der Waals surface area contributed by atoms with Crippen LogP contribution in [0, 0.1) is 5.82 Å². The number of anilines is 2. The van der Waals surface area contributed by atoms with E-state index in [0.29, 0.717) is 28.7 Å². The number of hydrogen-bond donors (Lipinski definition) is 2. The Hall–Kier alpha value is -4.00. The van der Waals surface area contributed by atoms with Crippen LogP contribution >= 0.6 is 0 Å². The summed E-state index contributed by atoms with van der Waals surface area (Å²) in [7, 11) is 1.76. The standard InChI is InChI=1S/C22H17FN4O2/c1-24-20-12-21(26-13-25-20)29-17-8-9-18-14(10-17)4-2-7-19(18)22(28)27-16-6-3-5-15(23)11-16/h2-13H,1H3,(H,27,28)(H,24,25,26). The monoisotopic (exact) mass is 388 g/mol. The number of hydrogen-bond acceptors (Lipinski definition) is 5. The van der Waals surface area contributed by atoms with Crippen LogP contribution in [0.2, 0.25) is 0 Å². The molecule has 0 spiro atoms. The van der Waals surface area contributed by atoms with E-state index in [1.807, 2.05) is 18.2 Å². The van der Waals surface area contributed by atoms with Crippen LogP contribution in [0.5, 0.6) is 11.6 Å². The molecule has 0 fully saturated rings. The molecule has 3 aromatic carbocycles. The Morgan fingerprint density at radius 3 is 2.69 bits per heavy atom. The van der Waals surface area contributed by atoms with Crippen LogP contribution < -0.4 is 15.4 Å². The summed E-state index contributed by atoms with van der Waals surface area (Å²) in [6, 6.07) is 18.3. The number of halogens is 1. The van der Waals surface area contributed by atoms with E-state index in [2.05, 4.69) is 20.6 Å². The molecule has 7 heteroatoms. The van der Waals surface area contributed by atoms with E-state index in [1.165, 1.54) is 18.5 Å². The summed E-state index contributed by atoms with van der Waals surface area (Å²) in [4.78, 5) is 20.8. The van der Waals surface area contributed by atoms with Gasteiger partial charge in [0.15, 0.2) is 0 Å². The van der Waals surface area contributed by atoms with Crippen molar-refractivity contribution >= 4 is 28.2 Å². The van der Waals surface area contributed by atoms with Gasteiger partial charge < -0.3 is 15.4 Å². The number of rotatable bonds is 5. The van der Waals surface area contributed by atoms with Crippen LogP contribution in [0.25, 0.3) is 10.8 Å². The third-order valence-corrected chi connectivity index (χ3v) is 4.30. The fourth-order valence-corrected chi connectivity index (χ4v) is 2.94. The van der Waals surface area contributed by atoms with Crippen molar-refractivity contribution in [2.75, 3.05) is 17.7 Å². The van der Waals surface area contributed by atoms with Crippen LogP contribution in [0.4, 0.5) is 15.9 Å². The van der Waals surface area contributed by atoms with Crippen LogP contribution in [0.3, 0.4) is 0 Å². The van der Waals surface area contributed by atoms with Crippen molar-refractivity contribution in [3.05, 3.63) is 84.4 Å². The zero-order valence-electron chi connectivity index (χ0n) is 15.5. The second kappa shape index (κ2) is 7.93. The van der Waals surface area contributed by atoms with Crippen molar-refractivity contribution in [2.45, 2.75) is 0 Å². The van der Waals surface area contributed by atoms with Crippen LogP contribution in [0.15, 0.2) is 73.1 Å². The highest BCUT2D eigenvalue weighted by Gasteiger charge is 2.12. The maximum atomic E-state index is 13.4. The zero-order valence-corrected chi connectivity index (χ0v) is 15.5. The van der Waals surface area contributed by atoms with Crippen LogP contribution in [-0.2, 0) is 0 Å². The minimum Gasteiger partial charge on any atom is -0.439 e. The quantitative estimate of drug-likeness (QED) is 0.511. The van der Waals surface area contributed by atoms with Gasteiger partial charge in [-0.2, -0.15) is 0 Å². The number of benzene rings is 3.